The average molecular weight is 357 g/mol. The second kappa shape index (κ2) is 7.37. The van der Waals surface area contributed by atoms with Crippen molar-refractivity contribution in [2.75, 3.05) is 11.9 Å². The largest absolute Gasteiger partial charge is 0.342 e. The Morgan fingerprint density at radius 2 is 1.92 bits per heavy atom. The molecule has 5 nitrogen and oxygen atoms in total. The third-order valence-corrected chi connectivity index (χ3v) is 4.88. The van der Waals surface area contributed by atoms with E-state index in [4.69, 9.17) is 0 Å². The normalized spacial score (nSPS) is 10.4. The van der Waals surface area contributed by atoms with E-state index < -0.39 is 0 Å². The molecule has 2 aromatic heterocycles. The summed E-state index contributed by atoms with van der Waals surface area (Å²) in [5.41, 5.74) is 3.00. The molecule has 2 N–H and O–H groups in total. The van der Waals surface area contributed by atoms with Crippen molar-refractivity contribution in [1.82, 2.24) is 10.3 Å². The van der Waals surface area contributed by atoms with Crippen molar-refractivity contribution in [3.8, 4) is 11.3 Å². The van der Waals surface area contributed by atoms with Gasteiger partial charge in [-0.25, -0.2) is 4.98 Å². The summed E-state index contributed by atoms with van der Waals surface area (Å²) in [5.74, 6) is -0.552. The summed E-state index contributed by atoms with van der Waals surface area (Å²) in [6.07, 6.45) is 0. The van der Waals surface area contributed by atoms with Crippen molar-refractivity contribution < 1.29 is 9.59 Å². The van der Waals surface area contributed by atoms with E-state index in [1.165, 1.54) is 28.2 Å². The van der Waals surface area contributed by atoms with Gasteiger partial charge in [0.25, 0.3) is 5.91 Å². The van der Waals surface area contributed by atoms with Crippen LogP contribution in [0.3, 0.4) is 0 Å². The van der Waals surface area contributed by atoms with Crippen molar-refractivity contribution >= 4 is 39.6 Å². The minimum atomic E-state index is -0.301. The van der Waals surface area contributed by atoms with Crippen LogP contribution in [0.1, 0.15) is 15.2 Å². The molecule has 0 bridgehead atoms. The van der Waals surface area contributed by atoms with Crippen LogP contribution in [0, 0.1) is 6.92 Å². The Labute approximate surface area is 147 Å². The number of hydrogen-bond acceptors (Lipinski definition) is 5. The molecule has 0 radical (unpaired) electrons. The van der Waals surface area contributed by atoms with Crippen LogP contribution in [0.25, 0.3) is 11.3 Å². The zero-order chi connectivity index (χ0) is 16.9. The molecule has 0 unspecified atom stereocenters. The zero-order valence-corrected chi connectivity index (χ0v) is 14.5. The number of aryl methyl sites for hydroxylation is 1. The fraction of sp³-hybridized carbons (Fsp3) is 0.118. The maximum atomic E-state index is 11.9. The summed E-state index contributed by atoms with van der Waals surface area (Å²) in [5, 5.41) is 9.51. The predicted molar refractivity (Wildman–Crippen MR) is 97.6 cm³/mol. The molecule has 1 aromatic carbocycles. The van der Waals surface area contributed by atoms with Crippen LogP contribution in [0.2, 0.25) is 0 Å². The molecule has 2 amide bonds. The second-order valence-corrected chi connectivity index (χ2v) is 6.92. The van der Waals surface area contributed by atoms with Crippen molar-refractivity contribution in [3.05, 3.63) is 57.6 Å². The molecule has 0 saturated heterocycles. The van der Waals surface area contributed by atoms with Crippen molar-refractivity contribution in [1.29, 1.82) is 0 Å². The lowest BCUT2D eigenvalue weighted by atomic mass is 10.1. The number of nitrogens with one attached hydrogen (secondary N) is 2. The summed E-state index contributed by atoms with van der Waals surface area (Å²) in [6.45, 7) is 1.94. The van der Waals surface area contributed by atoms with Crippen LogP contribution < -0.4 is 10.6 Å². The molecule has 0 aliphatic carbocycles. The van der Waals surface area contributed by atoms with Crippen molar-refractivity contribution in [3.63, 3.8) is 0 Å². The van der Waals surface area contributed by atoms with Crippen LogP contribution in [0.4, 0.5) is 5.13 Å². The van der Waals surface area contributed by atoms with Crippen LogP contribution in [-0.4, -0.2) is 23.3 Å². The Hall–Kier alpha value is -2.51. The number of rotatable bonds is 5. The van der Waals surface area contributed by atoms with Gasteiger partial charge in [-0.2, -0.15) is 0 Å². The van der Waals surface area contributed by atoms with Gasteiger partial charge in [0, 0.05) is 10.9 Å². The van der Waals surface area contributed by atoms with Gasteiger partial charge in [0.05, 0.1) is 17.1 Å². The van der Waals surface area contributed by atoms with Gasteiger partial charge in [-0.15, -0.1) is 22.7 Å². The fourth-order valence-electron chi connectivity index (χ4n) is 2.01. The standard InChI is InChI=1S/C17H15N3O2S2/c1-11-4-6-12(7-5-11)13-10-24-17(19-13)20-15(21)9-18-16(22)14-3-2-8-23-14/h2-8,10H,9H2,1H3,(H,18,22)(H,19,20,21). The monoisotopic (exact) mass is 357 g/mol. The van der Waals surface area contributed by atoms with Gasteiger partial charge < -0.3 is 10.6 Å². The number of thiazole rings is 1. The number of benzene rings is 1. The van der Waals surface area contributed by atoms with E-state index in [1.54, 1.807) is 12.1 Å². The lowest BCUT2D eigenvalue weighted by Gasteiger charge is -2.03. The van der Waals surface area contributed by atoms with Crippen LogP contribution >= 0.6 is 22.7 Å². The first-order chi connectivity index (χ1) is 11.6. The Kier molecular flexibility index (Phi) is 5.02. The number of amides is 2. The third kappa shape index (κ3) is 4.06. The van der Waals surface area contributed by atoms with Crippen molar-refractivity contribution in [2.24, 2.45) is 0 Å². The highest BCUT2D eigenvalue weighted by atomic mass is 32.1. The highest BCUT2D eigenvalue weighted by molar-refractivity contribution is 7.14. The number of carbonyl (C=O) groups excluding carboxylic acids is 2. The molecule has 0 saturated carbocycles. The molecule has 7 heteroatoms. The summed E-state index contributed by atoms with van der Waals surface area (Å²) in [6, 6.07) is 11.5. The lowest BCUT2D eigenvalue weighted by molar-refractivity contribution is -0.115. The van der Waals surface area contributed by atoms with Crippen LogP contribution in [0.15, 0.2) is 47.2 Å². The minimum absolute atomic E-state index is 0.0871. The lowest BCUT2D eigenvalue weighted by Crippen LogP contribution is -2.32. The average Bonchev–Trinajstić information content (AvgIpc) is 3.25. The number of nitrogens with zero attached hydrogens (tertiary/aromatic N) is 1. The molecule has 3 rings (SSSR count). The highest BCUT2D eigenvalue weighted by Gasteiger charge is 2.11. The molecular formula is C17H15N3O2S2. The van der Waals surface area contributed by atoms with Gasteiger partial charge in [0.1, 0.15) is 0 Å². The Balaban J connectivity index is 1.55. The number of anilines is 1. The summed E-state index contributed by atoms with van der Waals surface area (Å²) in [4.78, 5) is 28.7. The number of hydrogen-bond donors (Lipinski definition) is 2. The molecule has 0 atom stereocenters. The van der Waals surface area contributed by atoms with Crippen LogP contribution in [0.5, 0.6) is 0 Å². The third-order valence-electron chi connectivity index (χ3n) is 3.25. The van der Waals surface area contributed by atoms with E-state index >= 15 is 0 Å². The minimum Gasteiger partial charge on any atom is -0.342 e. The van der Waals surface area contributed by atoms with Crippen molar-refractivity contribution in [2.45, 2.75) is 6.92 Å². The summed E-state index contributed by atoms with van der Waals surface area (Å²) >= 11 is 2.69. The zero-order valence-electron chi connectivity index (χ0n) is 12.9. The molecule has 0 spiro atoms. The molecule has 0 aliphatic heterocycles. The Morgan fingerprint density at radius 1 is 1.12 bits per heavy atom. The Morgan fingerprint density at radius 3 is 2.62 bits per heavy atom. The van der Waals surface area contributed by atoms with E-state index in [2.05, 4.69) is 15.6 Å². The van der Waals surface area contributed by atoms with Gasteiger partial charge in [-0.1, -0.05) is 35.9 Å². The maximum Gasteiger partial charge on any atom is 0.261 e. The smallest absolute Gasteiger partial charge is 0.261 e. The van der Waals surface area contributed by atoms with E-state index in [1.807, 2.05) is 41.9 Å². The number of carbonyl (C=O) groups is 2. The highest BCUT2D eigenvalue weighted by Crippen LogP contribution is 2.24. The quantitative estimate of drug-likeness (QED) is 0.733. The fourth-order valence-corrected chi connectivity index (χ4v) is 3.38. The molecular weight excluding hydrogens is 342 g/mol. The first kappa shape index (κ1) is 16.4. The molecule has 0 fully saturated rings. The Bertz CT molecular complexity index is 839. The molecule has 122 valence electrons. The van der Waals surface area contributed by atoms with Crippen LogP contribution in [-0.2, 0) is 4.79 Å². The van der Waals surface area contributed by atoms with E-state index in [0.717, 1.165) is 11.3 Å². The van der Waals surface area contributed by atoms with Gasteiger partial charge in [0.15, 0.2) is 5.13 Å². The predicted octanol–water partition coefficient (Wildman–Crippen LogP) is 3.55. The van der Waals surface area contributed by atoms with Gasteiger partial charge in [-0.05, 0) is 18.4 Å². The van der Waals surface area contributed by atoms with Gasteiger partial charge >= 0.3 is 0 Å². The van der Waals surface area contributed by atoms with Gasteiger partial charge in [0.2, 0.25) is 5.91 Å². The molecule has 24 heavy (non-hydrogen) atoms. The first-order valence-corrected chi connectivity index (χ1v) is 9.02. The van der Waals surface area contributed by atoms with E-state index in [9.17, 15) is 9.59 Å². The van der Waals surface area contributed by atoms with E-state index in [-0.39, 0.29) is 18.4 Å². The molecule has 3 aromatic rings. The molecule has 2 heterocycles. The first-order valence-electron chi connectivity index (χ1n) is 7.26. The van der Waals surface area contributed by atoms with E-state index in [0.29, 0.717) is 10.0 Å². The SMILES string of the molecule is Cc1ccc(-c2csc(NC(=O)CNC(=O)c3cccs3)n2)cc1. The topological polar surface area (TPSA) is 71.1 Å². The van der Waals surface area contributed by atoms with Gasteiger partial charge in [-0.3, -0.25) is 9.59 Å². The molecule has 0 aliphatic rings. The second-order valence-electron chi connectivity index (χ2n) is 5.11. The summed E-state index contributed by atoms with van der Waals surface area (Å²) in [7, 11) is 0. The summed E-state index contributed by atoms with van der Waals surface area (Å²) < 4.78 is 0. The maximum absolute atomic E-state index is 11.9. The number of aromatic nitrogens is 1. The number of thiophene rings is 1.